The molecule has 0 unspecified atom stereocenters. The number of rotatable bonds is 5. The van der Waals surface area contributed by atoms with Crippen molar-refractivity contribution in [3.8, 4) is 0 Å². The van der Waals surface area contributed by atoms with Gasteiger partial charge in [-0.25, -0.2) is 4.68 Å². The topological polar surface area (TPSA) is 73.9 Å². The second kappa shape index (κ2) is 6.83. The standard InChI is InChI=1S/C15H18N4O2S/c20-14(11-22-15-7-3-4-10-18(15)21)17-13-8-9-16-19(13)12-5-1-2-6-12/h3-4,7-10,12H,1-2,5-6,11H2,(H,17,20). The molecule has 116 valence electrons. The third kappa shape index (κ3) is 3.41. The lowest BCUT2D eigenvalue weighted by Gasteiger charge is -2.14. The predicted molar refractivity (Wildman–Crippen MR) is 84.5 cm³/mol. The largest absolute Gasteiger partial charge is 0.618 e. The van der Waals surface area contributed by atoms with Gasteiger partial charge in [-0.3, -0.25) is 4.79 Å². The first-order valence-corrected chi connectivity index (χ1v) is 8.37. The van der Waals surface area contributed by atoms with Crippen LogP contribution in [0.25, 0.3) is 0 Å². The quantitative estimate of drug-likeness (QED) is 0.522. The van der Waals surface area contributed by atoms with E-state index in [1.165, 1.54) is 30.8 Å². The van der Waals surface area contributed by atoms with Gasteiger partial charge in [-0.05, 0) is 30.7 Å². The summed E-state index contributed by atoms with van der Waals surface area (Å²) in [5, 5.41) is 19.3. The van der Waals surface area contributed by atoms with Crippen molar-refractivity contribution >= 4 is 23.5 Å². The zero-order valence-corrected chi connectivity index (χ0v) is 13.0. The highest BCUT2D eigenvalue weighted by atomic mass is 32.2. The van der Waals surface area contributed by atoms with Gasteiger partial charge >= 0.3 is 0 Å². The Morgan fingerprint density at radius 2 is 2.23 bits per heavy atom. The van der Waals surface area contributed by atoms with Crippen molar-refractivity contribution in [2.75, 3.05) is 11.1 Å². The van der Waals surface area contributed by atoms with Crippen LogP contribution in [0.1, 0.15) is 31.7 Å². The highest BCUT2D eigenvalue weighted by Gasteiger charge is 2.20. The molecule has 2 aromatic heterocycles. The number of aromatic nitrogens is 3. The third-order valence-electron chi connectivity index (χ3n) is 3.75. The Bertz CT molecular complexity index is 652. The molecule has 0 atom stereocenters. The first-order chi connectivity index (χ1) is 10.7. The molecule has 1 amide bonds. The average molecular weight is 318 g/mol. The van der Waals surface area contributed by atoms with Gasteiger partial charge < -0.3 is 10.5 Å². The van der Waals surface area contributed by atoms with E-state index in [1.54, 1.807) is 24.4 Å². The third-order valence-corrected chi connectivity index (χ3v) is 4.77. The van der Waals surface area contributed by atoms with Crippen LogP contribution in [0.5, 0.6) is 0 Å². The molecule has 1 aliphatic carbocycles. The van der Waals surface area contributed by atoms with Crippen molar-refractivity contribution in [1.29, 1.82) is 0 Å². The maximum atomic E-state index is 12.1. The first-order valence-electron chi connectivity index (χ1n) is 7.38. The number of nitrogens with one attached hydrogen (secondary N) is 1. The molecule has 0 aromatic carbocycles. The molecule has 1 aliphatic rings. The van der Waals surface area contributed by atoms with E-state index in [2.05, 4.69) is 10.4 Å². The molecule has 3 rings (SSSR count). The number of amides is 1. The summed E-state index contributed by atoms with van der Waals surface area (Å²) in [7, 11) is 0. The molecule has 0 bridgehead atoms. The number of thioether (sulfide) groups is 1. The second-order valence-electron chi connectivity index (χ2n) is 5.30. The zero-order valence-electron chi connectivity index (χ0n) is 12.1. The van der Waals surface area contributed by atoms with Crippen LogP contribution >= 0.6 is 11.8 Å². The Balaban J connectivity index is 1.58. The van der Waals surface area contributed by atoms with Crippen molar-refractivity contribution in [2.24, 2.45) is 0 Å². The number of hydrogen-bond donors (Lipinski definition) is 1. The maximum Gasteiger partial charge on any atom is 0.251 e. The van der Waals surface area contributed by atoms with Crippen LogP contribution < -0.4 is 10.0 Å². The summed E-state index contributed by atoms with van der Waals surface area (Å²) >= 11 is 1.22. The van der Waals surface area contributed by atoms with Gasteiger partial charge in [0.05, 0.1) is 18.0 Å². The minimum Gasteiger partial charge on any atom is -0.618 e. The zero-order chi connectivity index (χ0) is 15.4. The van der Waals surface area contributed by atoms with Gasteiger partial charge in [0.25, 0.3) is 5.03 Å². The van der Waals surface area contributed by atoms with Crippen molar-refractivity contribution in [3.05, 3.63) is 41.9 Å². The lowest BCUT2D eigenvalue weighted by Crippen LogP contribution is -2.28. The van der Waals surface area contributed by atoms with Gasteiger partial charge in [-0.2, -0.15) is 9.83 Å². The number of nitrogens with zero attached hydrogens (tertiary/aromatic N) is 3. The molecular formula is C15H18N4O2S. The number of pyridine rings is 1. The van der Waals surface area contributed by atoms with E-state index >= 15 is 0 Å². The van der Waals surface area contributed by atoms with Crippen molar-refractivity contribution < 1.29 is 9.52 Å². The SMILES string of the molecule is O=C(CSc1cccc[n+]1[O-])Nc1ccnn1C1CCCC1. The Hall–Kier alpha value is -2.02. The van der Waals surface area contributed by atoms with Crippen LogP contribution in [0.2, 0.25) is 0 Å². The van der Waals surface area contributed by atoms with E-state index in [9.17, 15) is 10.0 Å². The highest BCUT2D eigenvalue weighted by molar-refractivity contribution is 7.99. The van der Waals surface area contributed by atoms with E-state index < -0.39 is 0 Å². The molecule has 0 spiro atoms. The molecule has 22 heavy (non-hydrogen) atoms. The fraction of sp³-hybridized carbons (Fsp3) is 0.400. The van der Waals surface area contributed by atoms with Crippen molar-refractivity contribution in [3.63, 3.8) is 0 Å². The van der Waals surface area contributed by atoms with Gasteiger partial charge in [-0.15, -0.1) is 0 Å². The summed E-state index contributed by atoms with van der Waals surface area (Å²) in [5.74, 6) is 0.802. The normalized spacial score (nSPS) is 15.1. The smallest absolute Gasteiger partial charge is 0.251 e. The summed E-state index contributed by atoms with van der Waals surface area (Å²) in [6, 6.07) is 7.35. The minimum absolute atomic E-state index is 0.131. The monoisotopic (exact) mass is 318 g/mol. The predicted octanol–water partition coefficient (Wildman–Crippen LogP) is 2.36. The van der Waals surface area contributed by atoms with E-state index in [0.717, 1.165) is 23.4 Å². The van der Waals surface area contributed by atoms with Gasteiger partial charge in [0.2, 0.25) is 5.91 Å². The number of hydrogen-bond acceptors (Lipinski definition) is 4. The molecule has 7 heteroatoms. The summed E-state index contributed by atoms with van der Waals surface area (Å²) in [5.41, 5.74) is 0. The Morgan fingerprint density at radius 3 is 3.00 bits per heavy atom. The van der Waals surface area contributed by atoms with Crippen LogP contribution in [0.15, 0.2) is 41.7 Å². The molecule has 2 aromatic rings. The van der Waals surface area contributed by atoms with Crippen LogP contribution in [-0.4, -0.2) is 21.4 Å². The van der Waals surface area contributed by atoms with Crippen LogP contribution in [0.4, 0.5) is 5.82 Å². The fourth-order valence-electron chi connectivity index (χ4n) is 2.70. The number of anilines is 1. The first kappa shape index (κ1) is 14.9. The lowest BCUT2D eigenvalue weighted by atomic mass is 10.2. The molecule has 1 saturated carbocycles. The summed E-state index contributed by atoms with van der Waals surface area (Å²) < 4.78 is 2.67. The molecule has 1 N–H and O–H groups in total. The van der Waals surface area contributed by atoms with E-state index in [1.807, 2.05) is 10.7 Å². The summed E-state index contributed by atoms with van der Waals surface area (Å²) in [4.78, 5) is 12.1. The Morgan fingerprint density at radius 1 is 1.41 bits per heavy atom. The molecule has 2 heterocycles. The maximum absolute atomic E-state index is 12.1. The van der Waals surface area contributed by atoms with Gasteiger partial charge in [0.15, 0.2) is 6.20 Å². The molecule has 0 saturated heterocycles. The molecule has 6 nitrogen and oxygen atoms in total. The minimum atomic E-state index is -0.131. The van der Waals surface area contributed by atoms with E-state index in [4.69, 9.17) is 0 Å². The number of carbonyl (C=O) groups is 1. The fourth-order valence-corrected chi connectivity index (χ4v) is 3.41. The van der Waals surface area contributed by atoms with Crippen LogP contribution in [0.3, 0.4) is 0 Å². The van der Waals surface area contributed by atoms with Gasteiger partial charge in [0, 0.05) is 18.2 Å². The summed E-state index contributed by atoms with van der Waals surface area (Å²) in [6.45, 7) is 0. The summed E-state index contributed by atoms with van der Waals surface area (Å²) in [6.07, 6.45) is 7.79. The van der Waals surface area contributed by atoms with Crippen LogP contribution in [0, 0.1) is 5.21 Å². The van der Waals surface area contributed by atoms with E-state index in [-0.39, 0.29) is 11.7 Å². The Kier molecular flexibility index (Phi) is 4.62. The molecule has 0 aliphatic heterocycles. The Labute approximate surface area is 133 Å². The highest BCUT2D eigenvalue weighted by Crippen LogP contribution is 2.31. The molecule has 1 fully saturated rings. The van der Waals surface area contributed by atoms with Crippen LogP contribution in [-0.2, 0) is 4.79 Å². The molecule has 0 radical (unpaired) electrons. The van der Waals surface area contributed by atoms with Gasteiger partial charge in [-0.1, -0.05) is 12.8 Å². The average Bonchev–Trinajstić information content (AvgIpc) is 3.17. The second-order valence-corrected chi connectivity index (χ2v) is 6.30. The molecular weight excluding hydrogens is 300 g/mol. The van der Waals surface area contributed by atoms with Crippen molar-refractivity contribution in [1.82, 2.24) is 9.78 Å². The van der Waals surface area contributed by atoms with Crippen molar-refractivity contribution in [2.45, 2.75) is 36.8 Å². The van der Waals surface area contributed by atoms with Gasteiger partial charge in [0.1, 0.15) is 5.82 Å². The van der Waals surface area contributed by atoms with E-state index in [0.29, 0.717) is 11.1 Å². The number of carbonyl (C=O) groups excluding carboxylic acids is 1. The lowest BCUT2D eigenvalue weighted by molar-refractivity contribution is -0.645.